The maximum absolute atomic E-state index is 12.9. The van der Waals surface area contributed by atoms with E-state index in [0.29, 0.717) is 31.0 Å². The average Bonchev–Trinajstić information content (AvgIpc) is 3.27. The Morgan fingerprint density at radius 2 is 2.04 bits per heavy atom. The van der Waals surface area contributed by atoms with Crippen molar-refractivity contribution in [2.75, 3.05) is 23.4 Å². The SMILES string of the molecule is CCOCc1c(C(=O)Nc2ccc3c(c2)CCN3C(C)=O)oc2ccccc12. The Morgan fingerprint density at radius 1 is 1.21 bits per heavy atom. The number of anilines is 2. The maximum Gasteiger partial charge on any atom is 0.291 e. The fourth-order valence-corrected chi connectivity index (χ4v) is 3.62. The molecule has 1 N–H and O–H groups in total. The minimum absolute atomic E-state index is 0.0263. The second kappa shape index (κ2) is 7.48. The van der Waals surface area contributed by atoms with E-state index < -0.39 is 0 Å². The van der Waals surface area contributed by atoms with Crippen molar-refractivity contribution in [3.63, 3.8) is 0 Å². The second-order valence-corrected chi connectivity index (χ2v) is 6.76. The Balaban J connectivity index is 1.62. The smallest absolute Gasteiger partial charge is 0.291 e. The quantitative estimate of drug-likeness (QED) is 0.725. The molecule has 0 spiro atoms. The number of carbonyl (C=O) groups is 2. The predicted octanol–water partition coefficient (Wildman–Crippen LogP) is 4.13. The van der Waals surface area contributed by atoms with Crippen LogP contribution in [0.5, 0.6) is 0 Å². The van der Waals surface area contributed by atoms with Crippen molar-refractivity contribution < 1.29 is 18.7 Å². The summed E-state index contributed by atoms with van der Waals surface area (Å²) >= 11 is 0. The minimum atomic E-state index is -0.313. The molecule has 144 valence electrons. The molecule has 0 aliphatic carbocycles. The van der Waals surface area contributed by atoms with E-state index in [1.807, 2.05) is 49.4 Å². The van der Waals surface area contributed by atoms with Crippen molar-refractivity contribution >= 4 is 34.2 Å². The largest absolute Gasteiger partial charge is 0.451 e. The highest BCUT2D eigenvalue weighted by Crippen LogP contribution is 2.31. The highest BCUT2D eigenvalue weighted by Gasteiger charge is 2.24. The van der Waals surface area contributed by atoms with Gasteiger partial charge in [-0.25, -0.2) is 0 Å². The standard InChI is InChI=1S/C22H22N2O4/c1-3-27-13-18-17-6-4-5-7-20(17)28-21(18)22(26)23-16-8-9-19-15(12-16)10-11-24(19)14(2)25/h4-9,12H,3,10-11,13H2,1-2H3,(H,23,26). The Labute approximate surface area is 163 Å². The summed E-state index contributed by atoms with van der Waals surface area (Å²) in [4.78, 5) is 26.4. The number of hydrogen-bond donors (Lipinski definition) is 1. The summed E-state index contributed by atoms with van der Waals surface area (Å²) in [6, 6.07) is 13.2. The van der Waals surface area contributed by atoms with Gasteiger partial charge in [0.05, 0.1) is 6.61 Å². The number of nitrogens with zero attached hydrogens (tertiary/aromatic N) is 1. The van der Waals surface area contributed by atoms with Gasteiger partial charge in [-0.15, -0.1) is 0 Å². The minimum Gasteiger partial charge on any atom is -0.451 e. The van der Waals surface area contributed by atoms with Gasteiger partial charge in [-0.2, -0.15) is 0 Å². The molecule has 3 aromatic rings. The Morgan fingerprint density at radius 3 is 2.82 bits per heavy atom. The normalized spacial score (nSPS) is 13.0. The second-order valence-electron chi connectivity index (χ2n) is 6.76. The first-order valence-corrected chi connectivity index (χ1v) is 9.39. The molecule has 2 heterocycles. The molecule has 2 aromatic carbocycles. The zero-order valence-electron chi connectivity index (χ0n) is 16.0. The van der Waals surface area contributed by atoms with Gasteiger partial charge in [-0.1, -0.05) is 18.2 Å². The summed E-state index contributed by atoms with van der Waals surface area (Å²) in [6.45, 7) is 5.01. The molecule has 0 fully saturated rings. The number of carbonyl (C=O) groups excluding carboxylic acids is 2. The van der Waals surface area contributed by atoms with Crippen LogP contribution in [-0.4, -0.2) is 25.0 Å². The van der Waals surface area contributed by atoms with Crippen LogP contribution in [-0.2, 0) is 22.6 Å². The van der Waals surface area contributed by atoms with Crippen LogP contribution in [0.15, 0.2) is 46.9 Å². The number of ether oxygens (including phenoxy) is 1. The van der Waals surface area contributed by atoms with Gasteiger partial charge in [-0.3, -0.25) is 9.59 Å². The number of nitrogens with one attached hydrogen (secondary N) is 1. The molecule has 1 aromatic heterocycles. The van der Waals surface area contributed by atoms with Crippen LogP contribution in [0.3, 0.4) is 0 Å². The van der Waals surface area contributed by atoms with E-state index in [9.17, 15) is 9.59 Å². The first kappa shape index (κ1) is 18.3. The summed E-state index contributed by atoms with van der Waals surface area (Å²) < 4.78 is 11.4. The number of hydrogen-bond acceptors (Lipinski definition) is 4. The lowest BCUT2D eigenvalue weighted by Gasteiger charge is -2.15. The average molecular weight is 378 g/mol. The Kier molecular flexibility index (Phi) is 4.88. The number of para-hydroxylation sites is 1. The van der Waals surface area contributed by atoms with Crippen molar-refractivity contribution in [1.29, 1.82) is 0 Å². The molecule has 0 saturated carbocycles. The summed E-state index contributed by atoms with van der Waals surface area (Å²) in [6.07, 6.45) is 0.777. The zero-order chi connectivity index (χ0) is 19.7. The summed E-state index contributed by atoms with van der Waals surface area (Å²) in [5.41, 5.74) is 4.04. The monoisotopic (exact) mass is 378 g/mol. The van der Waals surface area contributed by atoms with E-state index in [4.69, 9.17) is 9.15 Å². The predicted molar refractivity (Wildman–Crippen MR) is 108 cm³/mol. The fraction of sp³-hybridized carbons (Fsp3) is 0.273. The van der Waals surface area contributed by atoms with Crippen LogP contribution in [0, 0.1) is 0 Å². The van der Waals surface area contributed by atoms with Gasteiger partial charge in [0.2, 0.25) is 5.91 Å². The number of benzene rings is 2. The zero-order valence-corrected chi connectivity index (χ0v) is 16.0. The number of furan rings is 1. The van der Waals surface area contributed by atoms with Crippen molar-refractivity contribution in [1.82, 2.24) is 0 Å². The van der Waals surface area contributed by atoms with Crippen LogP contribution < -0.4 is 10.2 Å². The van der Waals surface area contributed by atoms with Crippen LogP contribution in [0.25, 0.3) is 11.0 Å². The fourth-order valence-electron chi connectivity index (χ4n) is 3.62. The van der Waals surface area contributed by atoms with Crippen molar-refractivity contribution in [2.45, 2.75) is 26.9 Å². The lowest BCUT2D eigenvalue weighted by molar-refractivity contribution is -0.116. The third kappa shape index (κ3) is 3.27. The van der Waals surface area contributed by atoms with Crippen molar-refractivity contribution in [3.05, 3.63) is 59.4 Å². The molecule has 28 heavy (non-hydrogen) atoms. The third-order valence-corrected chi connectivity index (χ3v) is 4.97. The van der Waals surface area contributed by atoms with E-state index in [2.05, 4.69) is 5.32 Å². The number of rotatable bonds is 5. The van der Waals surface area contributed by atoms with E-state index in [0.717, 1.165) is 28.6 Å². The lowest BCUT2D eigenvalue weighted by atomic mass is 10.1. The molecule has 6 nitrogen and oxygen atoms in total. The molecule has 0 unspecified atom stereocenters. The van der Waals surface area contributed by atoms with Gasteiger partial charge in [0.15, 0.2) is 5.76 Å². The van der Waals surface area contributed by atoms with Gasteiger partial charge < -0.3 is 19.4 Å². The van der Waals surface area contributed by atoms with Crippen LogP contribution >= 0.6 is 0 Å². The number of fused-ring (bicyclic) bond motifs is 2. The Hall–Kier alpha value is -3.12. The van der Waals surface area contributed by atoms with Crippen molar-refractivity contribution in [2.24, 2.45) is 0 Å². The lowest BCUT2D eigenvalue weighted by Crippen LogP contribution is -2.25. The summed E-state index contributed by atoms with van der Waals surface area (Å²) in [5, 5.41) is 3.80. The van der Waals surface area contributed by atoms with E-state index in [-0.39, 0.29) is 17.6 Å². The van der Waals surface area contributed by atoms with Crippen LogP contribution in [0.4, 0.5) is 11.4 Å². The van der Waals surface area contributed by atoms with Gasteiger partial charge in [0.1, 0.15) is 5.58 Å². The number of amides is 2. The summed E-state index contributed by atoms with van der Waals surface area (Å²) in [7, 11) is 0. The molecule has 1 aliphatic heterocycles. The highest BCUT2D eigenvalue weighted by molar-refractivity contribution is 6.06. The van der Waals surface area contributed by atoms with Crippen LogP contribution in [0.1, 0.15) is 35.5 Å². The molecule has 0 bridgehead atoms. The maximum atomic E-state index is 12.9. The molecule has 4 rings (SSSR count). The topological polar surface area (TPSA) is 71.8 Å². The van der Waals surface area contributed by atoms with Gasteiger partial charge >= 0.3 is 0 Å². The molecule has 0 saturated heterocycles. The first-order valence-electron chi connectivity index (χ1n) is 9.39. The molecule has 0 radical (unpaired) electrons. The highest BCUT2D eigenvalue weighted by atomic mass is 16.5. The molecule has 1 aliphatic rings. The molecule has 2 amide bonds. The third-order valence-electron chi connectivity index (χ3n) is 4.97. The van der Waals surface area contributed by atoms with Crippen LogP contribution in [0.2, 0.25) is 0 Å². The first-order chi connectivity index (χ1) is 13.6. The Bertz CT molecular complexity index is 1050. The van der Waals surface area contributed by atoms with E-state index in [1.165, 1.54) is 0 Å². The molecule has 0 atom stereocenters. The molecule has 6 heteroatoms. The summed E-state index contributed by atoms with van der Waals surface area (Å²) in [5.74, 6) is -0.0221. The molecular formula is C22H22N2O4. The van der Waals surface area contributed by atoms with E-state index in [1.54, 1.807) is 11.8 Å². The van der Waals surface area contributed by atoms with Crippen molar-refractivity contribution in [3.8, 4) is 0 Å². The van der Waals surface area contributed by atoms with Gasteiger partial charge in [0, 0.05) is 42.4 Å². The van der Waals surface area contributed by atoms with E-state index >= 15 is 0 Å². The molecular weight excluding hydrogens is 356 g/mol. The van der Waals surface area contributed by atoms with Gasteiger partial charge in [0.25, 0.3) is 5.91 Å². The van der Waals surface area contributed by atoms with Gasteiger partial charge in [-0.05, 0) is 43.2 Å².